The molecule has 0 radical (unpaired) electrons. The predicted molar refractivity (Wildman–Crippen MR) is 90.0 cm³/mol. The van der Waals surface area contributed by atoms with Crippen LogP contribution >= 0.6 is 35.0 Å². The van der Waals surface area contributed by atoms with Gasteiger partial charge in [0.25, 0.3) is 0 Å². The summed E-state index contributed by atoms with van der Waals surface area (Å²) in [5.74, 6) is 0.915. The van der Waals surface area contributed by atoms with Crippen molar-refractivity contribution in [1.82, 2.24) is 5.32 Å². The van der Waals surface area contributed by atoms with Gasteiger partial charge in [0.05, 0.1) is 0 Å². The Balaban J connectivity index is 2.08. The number of benzene rings is 2. The lowest BCUT2D eigenvalue weighted by atomic mass is 10.1. The fraction of sp³-hybridized carbons (Fsp3) is 0.250. The van der Waals surface area contributed by atoms with Crippen molar-refractivity contribution in [3.8, 4) is 0 Å². The van der Waals surface area contributed by atoms with Crippen LogP contribution in [0.5, 0.6) is 0 Å². The van der Waals surface area contributed by atoms with Gasteiger partial charge in [0.2, 0.25) is 0 Å². The van der Waals surface area contributed by atoms with Crippen molar-refractivity contribution >= 4 is 35.0 Å². The van der Waals surface area contributed by atoms with Gasteiger partial charge in [-0.3, -0.25) is 0 Å². The minimum Gasteiger partial charge on any atom is -0.309 e. The summed E-state index contributed by atoms with van der Waals surface area (Å²) in [6.07, 6.45) is 0. The maximum Gasteiger partial charge on any atom is 0.0454 e. The zero-order valence-electron chi connectivity index (χ0n) is 11.3. The molecule has 1 unspecified atom stereocenters. The van der Waals surface area contributed by atoms with Gasteiger partial charge < -0.3 is 5.32 Å². The van der Waals surface area contributed by atoms with Gasteiger partial charge in [-0.05, 0) is 36.4 Å². The van der Waals surface area contributed by atoms with Crippen LogP contribution in [0, 0.1) is 0 Å². The molecule has 0 aliphatic rings. The second-order valence-electron chi connectivity index (χ2n) is 4.40. The molecule has 20 heavy (non-hydrogen) atoms. The van der Waals surface area contributed by atoms with E-state index in [2.05, 4.69) is 24.4 Å². The molecule has 0 saturated heterocycles. The van der Waals surface area contributed by atoms with Crippen LogP contribution in [0.3, 0.4) is 0 Å². The second kappa shape index (κ2) is 7.94. The van der Waals surface area contributed by atoms with Gasteiger partial charge in [-0.25, -0.2) is 0 Å². The van der Waals surface area contributed by atoms with Gasteiger partial charge in [0, 0.05) is 26.7 Å². The molecule has 0 bridgehead atoms. The molecule has 0 heterocycles. The lowest BCUT2D eigenvalue weighted by Crippen LogP contribution is -2.23. The topological polar surface area (TPSA) is 12.0 Å². The highest BCUT2D eigenvalue weighted by atomic mass is 35.5. The molecule has 0 saturated carbocycles. The van der Waals surface area contributed by atoms with Crippen molar-refractivity contribution in [1.29, 1.82) is 0 Å². The molecule has 2 rings (SSSR count). The summed E-state index contributed by atoms with van der Waals surface area (Å²) in [6.45, 7) is 3.01. The van der Waals surface area contributed by atoms with Crippen LogP contribution in [0.1, 0.15) is 18.5 Å². The minimum atomic E-state index is 0.234. The third kappa shape index (κ3) is 4.42. The number of halogens is 2. The Morgan fingerprint density at radius 1 is 1.10 bits per heavy atom. The lowest BCUT2D eigenvalue weighted by molar-refractivity contribution is 0.606. The SMILES string of the molecule is CCNC(CSc1cccc(Cl)c1)c1ccccc1Cl. The normalized spacial score (nSPS) is 12.3. The largest absolute Gasteiger partial charge is 0.309 e. The van der Waals surface area contributed by atoms with Gasteiger partial charge >= 0.3 is 0 Å². The molecule has 106 valence electrons. The van der Waals surface area contributed by atoms with Crippen LogP contribution in [0.15, 0.2) is 53.4 Å². The van der Waals surface area contributed by atoms with Crippen LogP contribution in [-0.4, -0.2) is 12.3 Å². The Labute approximate surface area is 134 Å². The van der Waals surface area contributed by atoms with E-state index in [4.69, 9.17) is 23.2 Å². The molecule has 0 aliphatic heterocycles. The number of hydrogen-bond donors (Lipinski definition) is 1. The van der Waals surface area contributed by atoms with Crippen molar-refractivity contribution in [2.24, 2.45) is 0 Å². The predicted octanol–water partition coefficient (Wildman–Crippen LogP) is 5.44. The molecular formula is C16H17Cl2NS. The van der Waals surface area contributed by atoms with E-state index in [1.807, 2.05) is 36.4 Å². The van der Waals surface area contributed by atoms with E-state index >= 15 is 0 Å². The standard InChI is InChI=1S/C16H17Cl2NS/c1-2-19-16(14-8-3-4-9-15(14)18)11-20-13-7-5-6-12(17)10-13/h3-10,16,19H,2,11H2,1H3. The quantitative estimate of drug-likeness (QED) is 0.710. The summed E-state index contributed by atoms with van der Waals surface area (Å²) in [5.41, 5.74) is 1.14. The monoisotopic (exact) mass is 325 g/mol. The van der Waals surface area contributed by atoms with Crippen LogP contribution < -0.4 is 5.32 Å². The van der Waals surface area contributed by atoms with E-state index in [1.54, 1.807) is 11.8 Å². The highest BCUT2D eigenvalue weighted by Crippen LogP contribution is 2.29. The molecule has 0 fully saturated rings. The second-order valence-corrected chi connectivity index (χ2v) is 6.34. The number of rotatable bonds is 6. The van der Waals surface area contributed by atoms with Crippen molar-refractivity contribution in [2.75, 3.05) is 12.3 Å². The van der Waals surface area contributed by atoms with E-state index in [-0.39, 0.29) is 6.04 Å². The van der Waals surface area contributed by atoms with Crippen molar-refractivity contribution in [2.45, 2.75) is 17.9 Å². The van der Waals surface area contributed by atoms with E-state index in [9.17, 15) is 0 Å². The number of hydrogen-bond acceptors (Lipinski definition) is 2. The first-order chi connectivity index (χ1) is 9.70. The highest BCUT2D eigenvalue weighted by Gasteiger charge is 2.13. The fourth-order valence-electron chi connectivity index (χ4n) is 2.00. The van der Waals surface area contributed by atoms with E-state index in [1.165, 1.54) is 4.90 Å². The Kier molecular flexibility index (Phi) is 6.24. The highest BCUT2D eigenvalue weighted by molar-refractivity contribution is 7.99. The molecule has 0 amide bonds. The van der Waals surface area contributed by atoms with Gasteiger partial charge in [-0.2, -0.15) is 0 Å². The molecule has 2 aromatic carbocycles. The number of thioether (sulfide) groups is 1. The zero-order chi connectivity index (χ0) is 14.4. The average molecular weight is 326 g/mol. The maximum atomic E-state index is 6.29. The molecule has 1 N–H and O–H groups in total. The van der Waals surface area contributed by atoms with Gasteiger partial charge in [-0.15, -0.1) is 11.8 Å². The Morgan fingerprint density at radius 2 is 1.90 bits per heavy atom. The van der Waals surface area contributed by atoms with Crippen LogP contribution in [0.2, 0.25) is 10.0 Å². The van der Waals surface area contributed by atoms with E-state index < -0.39 is 0 Å². The van der Waals surface area contributed by atoms with Crippen molar-refractivity contribution < 1.29 is 0 Å². The summed E-state index contributed by atoms with van der Waals surface area (Å²) in [5, 5.41) is 5.07. The molecule has 1 nitrogen and oxygen atoms in total. The lowest BCUT2D eigenvalue weighted by Gasteiger charge is -2.19. The summed E-state index contributed by atoms with van der Waals surface area (Å²) in [7, 11) is 0. The summed E-state index contributed by atoms with van der Waals surface area (Å²) >= 11 is 14.1. The van der Waals surface area contributed by atoms with Crippen molar-refractivity contribution in [3.63, 3.8) is 0 Å². The van der Waals surface area contributed by atoms with Crippen LogP contribution in [0.25, 0.3) is 0 Å². The fourth-order valence-corrected chi connectivity index (χ4v) is 3.56. The third-order valence-electron chi connectivity index (χ3n) is 2.94. The van der Waals surface area contributed by atoms with Gasteiger partial charge in [-0.1, -0.05) is 54.4 Å². The molecule has 0 spiro atoms. The molecule has 4 heteroatoms. The molecule has 0 aliphatic carbocycles. The molecular weight excluding hydrogens is 309 g/mol. The van der Waals surface area contributed by atoms with Crippen LogP contribution in [0.4, 0.5) is 0 Å². The Hall–Kier alpha value is -0.670. The number of nitrogens with one attached hydrogen (secondary N) is 1. The first-order valence-electron chi connectivity index (χ1n) is 6.57. The summed E-state index contributed by atoms with van der Waals surface area (Å²) in [4.78, 5) is 1.17. The Bertz CT molecular complexity index is 560. The van der Waals surface area contributed by atoms with Gasteiger partial charge in [0.15, 0.2) is 0 Å². The summed E-state index contributed by atoms with van der Waals surface area (Å²) < 4.78 is 0. The molecule has 2 aromatic rings. The van der Waals surface area contributed by atoms with Crippen LogP contribution in [-0.2, 0) is 0 Å². The maximum absolute atomic E-state index is 6.29. The first kappa shape index (κ1) is 15.7. The van der Waals surface area contributed by atoms with E-state index in [0.29, 0.717) is 0 Å². The minimum absolute atomic E-state index is 0.234. The average Bonchev–Trinajstić information content (AvgIpc) is 2.44. The first-order valence-corrected chi connectivity index (χ1v) is 8.31. The molecule has 1 atom stereocenters. The Morgan fingerprint density at radius 3 is 2.60 bits per heavy atom. The van der Waals surface area contributed by atoms with E-state index in [0.717, 1.165) is 27.9 Å². The smallest absolute Gasteiger partial charge is 0.0454 e. The zero-order valence-corrected chi connectivity index (χ0v) is 13.6. The molecule has 0 aromatic heterocycles. The van der Waals surface area contributed by atoms with Crippen molar-refractivity contribution in [3.05, 3.63) is 64.1 Å². The van der Waals surface area contributed by atoms with Gasteiger partial charge in [0.1, 0.15) is 0 Å². The summed E-state index contributed by atoms with van der Waals surface area (Å²) in [6, 6.07) is 16.2. The third-order valence-corrected chi connectivity index (χ3v) is 4.61.